The molecular formula is C18H26N4O3. The molecule has 2 amide bonds. The summed E-state index contributed by atoms with van der Waals surface area (Å²) < 4.78 is 0. The zero-order chi connectivity index (χ0) is 18.0. The van der Waals surface area contributed by atoms with Crippen molar-refractivity contribution in [2.24, 2.45) is 0 Å². The molecule has 0 aromatic carbocycles. The largest absolute Gasteiger partial charge is 0.390 e. The van der Waals surface area contributed by atoms with Crippen LogP contribution in [-0.4, -0.2) is 82.4 Å². The van der Waals surface area contributed by atoms with Gasteiger partial charge in [0.15, 0.2) is 0 Å². The van der Waals surface area contributed by atoms with E-state index in [0.29, 0.717) is 37.4 Å². The van der Waals surface area contributed by atoms with E-state index in [4.69, 9.17) is 0 Å². The van der Waals surface area contributed by atoms with Crippen molar-refractivity contribution >= 4 is 11.8 Å². The SMILES string of the molecule is CN1CC[C@]2(CCC1=O)CN(C(=O)c1cccc(CO)n1)CCN2C. The van der Waals surface area contributed by atoms with Crippen LogP contribution in [-0.2, 0) is 11.4 Å². The van der Waals surface area contributed by atoms with Crippen molar-refractivity contribution in [3.05, 3.63) is 29.6 Å². The van der Waals surface area contributed by atoms with Crippen molar-refractivity contribution < 1.29 is 14.7 Å². The van der Waals surface area contributed by atoms with Crippen molar-refractivity contribution in [1.82, 2.24) is 19.7 Å². The fourth-order valence-corrected chi connectivity index (χ4v) is 3.78. The first-order chi connectivity index (χ1) is 11.9. The van der Waals surface area contributed by atoms with Crippen molar-refractivity contribution in [3.63, 3.8) is 0 Å². The number of likely N-dealkylation sites (tertiary alicyclic amines) is 1. The summed E-state index contributed by atoms with van der Waals surface area (Å²) in [6.07, 6.45) is 2.14. The highest BCUT2D eigenvalue weighted by atomic mass is 16.3. The number of rotatable bonds is 2. The monoisotopic (exact) mass is 346 g/mol. The first-order valence-electron chi connectivity index (χ1n) is 8.76. The van der Waals surface area contributed by atoms with Crippen LogP contribution in [0.3, 0.4) is 0 Å². The molecule has 0 saturated carbocycles. The number of piperazine rings is 1. The van der Waals surface area contributed by atoms with Gasteiger partial charge in [0, 0.05) is 45.2 Å². The molecule has 0 radical (unpaired) electrons. The van der Waals surface area contributed by atoms with Gasteiger partial charge in [0.25, 0.3) is 5.91 Å². The fourth-order valence-electron chi connectivity index (χ4n) is 3.78. The Kier molecular flexibility index (Phi) is 5.06. The van der Waals surface area contributed by atoms with Crippen molar-refractivity contribution in [1.29, 1.82) is 0 Å². The Labute approximate surface area is 148 Å². The van der Waals surface area contributed by atoms with Crippen molar-refractivity contribution in [2.45, 2.75) is 31.4 Å². The van der Waals surface area contributed by atoms with Gasteiger partial charge in [-0.05, 0) is 32.0 Å². The summed E-state index contributed by atoms with van der Waals surface area (Å²) >= 11 is 0. The smallest absolute Gasteiger partial charge is 0.272 e. The van der Waals surface area contributed by atoms with Crippen molar-refractivity contribution in [2.75, 3.05) is 40.3 Å². The molecule has 2 saturated heterocycles. The maximum atomic E-state index is 12.9. The highest BCUT2D eigenvalue weighted by molar-refractivity contribution is 5.92. The van der Waals surface area contributed by atoms with E-state index < -0.39 is 0 Å². The number of pyridine rings is 1. The highest BCUT2D eigenvalue weighted by Gasteiger charge is 2.43. The number of carbonyl (C=O) groups is 2. The van der Waals surface area contributed by atoms with Crippen LogP contribution in [0, 0.1) is 0 Å². The van der Waals surface area contributed by atoms with Gasteiger partial charge in [0.2, 0.25) is 5.91 Å². The second kappa shape index (κ2) is 7.09. The molecule has 2 aliphatic rings. The zero-order valence-electron chi connectivity index (χ0n) is 14.9. The lowest BCUT2D eigenvalue weighted by Gasteiger charge is -2.49. The number of amides is 2. The summed E-state index contributed by atoms with van der Waals surface area (Å²) in [5.41, 5.74) is 0.701. The van der Waals surface area contributed by atoms with Gasteiger partial charge in [-0.25, -0.2) is 4.98 Å². The minimum atomic E-state index is -0.178. The Balaban J connectivity index is 1.80. The van der Waals surface area contributed by atoms with E-state index in [0.717, 1.165) is 19.4 Å². The Morgan fingerprint density at radius 3 is 2.80 bits per heavy atom. The fraction of sp³-hybridized carbons (Fsp3) is 0.611. The molecule has 1 atom stereocenters. The molecule has 2 aliphatic heterocycles. The number of hydrogen-bond donors (Lipinski definition) is 1. The van der Waals surface area contributed by atoms with Crippen molar-refractivity contribution in [3.8, 4) is 0 Å². The lowest BCUT2D eigenvalue weighted by molar-refractivity contribution is -0.129. The van der Waals surface area contributed by atoms with Crippen LogP contribution >= 0.6 is 0 Å². The maximum absolute atomic E-state index is 12.9. The van der Waals surface area contributed by atoms with Crippen LogP contribution in [0.5, 0.6) is 0 Å². The Hall–Kier alpha value is -1.99. The average Bonchev–Trinajstić information content (AvgIpc) is 2.78. The van der Waals surface area contributed by atoms with Crippen LogP contribution in [0.2, 0.25) is 0 Å². The summed E-state index contributed by atoms with van der Waals surface area (Å²) in [6.45, 7) is 2.56. The normalized spacial score (nSPS) is 25.3. The molecule has 0 bridgehead atoms. The molecule has 1 aromatic heterocycles. The number of hydrogen-bond acceptors (Lipinski definition) is 5. The van der Waals surface area contributed by atoms with Gasteiger partial charge >= 0.3 is 0 Å². The molecule has 1 N–H and O–H groups in total. The zero-order valence-corrected chi connectivity index (χ0v) is 14.9. The second-order valence-corrected chi connectivity index (χ2v) is 7.11. The molecule has 1 aromatic rings. The molecule has 0 aliphatic carbocycles. The van der Waals surface area contributed by atoms with E-state index >= 15 is 0 Å². The van der Waals surface area contributed by atoms with Crippen LogP contribution in [0.1, 0.15) is 35.4 Å². The van der Waals surface area contributed by atoms with Gasteiger partial charge in [-0.2, -0.15) is 0 Å². The Bertz CT molecular complexity index is 665. The van der Waals surface area contributed by atoms with Crippen LogP contribution in [0.15, 0.2) is 18.2 Å². The number of aliphatic hydroxyl groups is 1. The number of aromatic nitrogens is 1. The lowest BCUT2D eigenvalue weighted by atomic mass is 9.86. The van der Waals surface area contributed by atoms with Gasteiger partial charge in [-0.15, -0.1) is 0 Å². The van der Waals surface area contributed by atoms with E-state index in [-0.39, 0.29) is 24.0 Å². The predicted molar refractivity (Wildman–Crippen MR) is 92.9 cm³/mol. The molecule has 0 unspecified atom stereocenters. The summed E-state index contributed by atoms with van der Waals surface area (Å²) in [5.74, 6) is 0.0674. The number of aliphatic hydroxyl groups excluding tert-OH is 1. The lowest BCUT2D eigenvalue weighted by Crippen LogP contribution is -2.62. The molecule has 7 nitrogen and oxygen atoms in total. The summed E-state index contributed by atoms with van der Waals surface area (Å²) in [7, 11) is 3.93. The molecule has 3 rings (SSSR count). The van der Waals surface area contributed by atoms with Gasteiger partial charge in [0.05, 0.1) is 12.3 Å². The molecular weight excluding hydrogens is 320 g/mol. The predicted octanol–water partition coefficient (Wildman–Crippen LogP) is 0.343. The highest BCUT2D eigenvalue weighted by Crippen LogP contribution is 2.32. The number of nitrogens with zero attached hydrogens (tertiary/aromatic N) is 4. The van der Waals surface area contributed by atoms with Crippen LogP contribution in [0.25, 0.3) is 0 Å². The second-order valence-electron chi connectivity index (χ2n) is 7.11. The average molecular weight is 346 g/mol. The topological polar surface area (TPSA) is 77.0 Å². The molecule has 1 spiro atoms. The first kappa shape index (κ1) is 17.8. The van der Waals surface area contributed by atoms with Crippen LogP contribution < -0.4 is 0 Å². The third kappa shape index (κ3) is 3.52. The number of carbonyl (C=O) groups excluding carboxylic acids is 2. The van der Waals surface area contributed by atoms with E-state index in [9.17, 15) is 14.7 Å². The molecule has 3 heterocycles. The molecule has 136 valence electrons. The third-order valence-electron chi connectivity index (χ3n) is 5.62. The van der Waals surface area contributed by atoms with E-state index in [2.05, 4.69) is 16.9 Å². The van der Waals surface area contributed by atoms with E-state index in [1.807, 2.05) is 11.9 Å². The summed E-state index contributed by atoms with van der Waals surface area (Å²) in [4.78, 5) is 35.1. The summed E-state index contributed by atoms with van der Waals surface area (Å²) in [5, 5.41) is 9.24. The molecule has 2 fully saturated rings. The van der Waals surface area contributed by atoms with Gasteiger partial charge < -0.3 is 14.9 Å². The first-order valence-corrected chi connectivity index (χ1v) is 8.76. The van der Waals surface area contributed by atoms with Gasteiger partial charge in [-0.3, -0.25) is 14.5 Å². The Morgan fingerprint density at radius 1 is 1.24 bits per heavy atom. The summed E-state index contributed by atoms with van der Waals surface area (Å²) in [6, 6.07) is 5.14. The minimum absolute atomic E-state index is 0.105. The molecule has 25 heavy (non-hydrogen) atoms. The van der Waals surface area contributed by atoms with E-state index in [1.165, 1.54) is 0 Å². The molecule has 7 heteroatoms. The van der Waals surface area contributed by atoms with Gasteiger partial charge in [-0.1, -0.05) is 6.07 Å². The maximum Gasteiger partial charge on any atom is 0.272 e. The third-order valence-corrected chi connectivity index (χ3v) is 5.62. The number of likely N-dealkylation sites (N-methyl/N-ethyl adjacent to an activating group) is 1. The minimum Gasteiger partial charge on any atom is -0.390 e. The van der Waals surface area contributed by atoms with Crippen LogP contribution in [0.4, 0.5) is 0 Å². The Morgan fingerprint density at radius 2 is 2.04 bits per heavy atom. The van der Waals surface area contributed by atoms with E-state index in [1.54, 1.807) is 23.1 Å². The standard InChI is InChI=1S/C18H26N4O3/c1-20-9-8-18(7-6-16(20)24)13-22(11-10-21(18)2)17(25)15-5-3-4-14(12-23)19-15/h3-5,23H,6-13H2,1-2H3/t18-/m1/s1. The van der Waals surface area contributed by atoms with Gasteiger partial charge in [0.1, 0.15) is 5.69 Å². The quantitative estimate of drug-likeness (QED) is 0.836.